The number of carbonyl (C=O) groups excluding carboxylic acids is 2. The van der Waals surface area contributed by atoms with Crippen molar-refractivity contribution in [2.45, 2.75) is 184 Å². The third kappa shape index (κ3) is 10.4. The zero-order chi connectivity index (χ0) is 38.8. The number of nitrogens with one attached hydrogen (secondary N) is 4. The first-order valence-electron chi connectivity index (χ1n) is 23.9. The van der Waals surface area contributed by atoms with Crippen LogP contribution in [0.15, 0.2) is 48.5 Å². The van der Waals surface area contributed by atoms with E-state index < -0.39 is 0 Å². The standard InChI is InChI=1S/C49H74N6O2/c56-48(52-38-22-18-36(19-23-38)30-34-54-44-26-27-45(54)41-15-9-8-14-40(41)44)50-32-12-6-4-2-1-3-5-7-13-33-51-49(57)53-39-24-20-37(21-25-39)31-35-55-46-28-29-47(55)43-17-11-10-16-42(43)46/h8-11,14-17,36-39,44-47H,1-7,12-13,18-35H2,(H2,50,52,56)(H2,51,53,57)/t36?,37?,38?,39?,44-,45+,46-,47?/m1/s1. The van der Waals surface area contributed by atoms with Gasteiger partial charge < -0.3 is 21.3 Å². The van der Waals surface area contributed by atoms with Gasteiger partial charge in [-0.05, 0) is 150 Å². The minimum absolute atomic E-state index is 0.0288. The van der Waals surface area contributed by atoms with E-state index in [0.29, 0.717) is 36.3 Å². The lowest BCUT2D eigenvalue weighted by Gasteiger charge is -2.31. The summed E-state index contributed by atoms with van der Waals surface area (Å²) >= 11 is 0. The molecule has 4 amide bonds. The number of fused-ring (bicyclic) bond motifs is 10. The molecule has 4 atom stereocenters. The van der Waals surface area contributed by atoms with E-state index in [9.17, 15) is 9.59 Å². The molecule has 8 nitrogen and oxygen atoms in total. The van der Waals surface area contributed by atoms with Crippen LogP contribution in [0.1, 0.15) is 194 Å². The first kappa shape index (κ1) is 40.7. The molecule has 2 saturated carbocycles. The van der Waals surface area contributed by atoms with Crippen molar-refractivity contribution >= 4 is 12.1 Å². The van der Waals surface area contributed by atoms with Crippen LogP contribution in [-0.2, 0) is 0 Å². The lowest BCUT2D eigenvalue weighted by atomic mass is 9.84. The normalized spacial score (nSPS) is 28.9. The SMILES string of the molecule is O=C(NCCCCCCCCCCCNC(=O)NC1CCC(CCN2[C@@H]3CC[C@H]2c2ccccc23)CC1)NC1CCC(CCN2C3CC[C@@H]2c2ccccc23)CC1. The second-order valence-corrected chi connectivity index (χ2v) is 18.9. The zero-order valence-electron chi connectivity index (χ0n) is 35.0. The Labute approximate surface area is 344 Å². The fourth-order valence-corrected chi connectivity index (χ4v) is 12.1. The molecule has 6 aliphatic rings. The van der Waals surface area contributed by atoms with Crippen molar-refractivity contribution in [2.24, 2.45) is 11.8 Å². The van der Waals surface area contributed by atoms with Crippen LogP contribution in [0.5, 0.6) is 0 Å². The summed E-state index contributed by atoms with van der Waals surface area (Å²) in [5, 5.41) is 12.8. The highest BCUT2D eigenvalue weighted by molar-refractivity contribution is 5.74. The molecule has 312 valence electrons. The van der Waals surface area contributed by atoms with Gasteiger partial charge in [0.15, 0.2) is 0 Å². The smallest absolute Gasteiger partial charge is 0.315 e. The van der Waals surface area contributed by atoms with Gasteiger partial charge in [-0.25, -0.2) is 9.59 Å². The number of carbonyl (C=O) groups is 2. The van der Waals surface area contributed by atoms with E-state index in [0.717, 1.165) is 63.5 Å². The minimum Gasteiger partial charge on any atom is -0.338 e. The average Bonchev–Trinajstić information content (AvgIpc) is 4.00. The van der Waals surface area contributed by atoms with Gasteiger partial charge in [-0.15, -0.1) is 0 Å². The minimum atomic E-state index is 0.0288. The third-order valence-corrected chi connectivity index (χ3v) is 15.3. The molecule has 0 spiro atoms. The molecule has 2 saturated heterocycles. The molecule has 4 N–H and O–H groups in total. The number of hydrogen-bond donors (Lipinski definition) is 4. The predicted octanol–water partition coefficient (Wildman–Crippen LogP) is 10.8. The van der Waals surface area contributed by atoms with Gasteiger partial charge in [0, 0.05) is 49.3 Å². The van der Waals surface area contributed by atoms with E-state index in [1.165, 1.54) is 122 Å². The molecule has 1 unspecified atom stereocenters. The van der Waals surface area contributed by atoms with Gasteiger partial charge in [-0.1, -0.05) is 93.5 Å². The summed E-state index contributed by atoms with van der Waals surface area (Å²) in [6, 6.07) is 21.6. The van der Waals surface area contributed by atoms with Crippen molar-refractivity contribution in [1.29, 1.82) is 0 Å². The van der Waals surface area contributed by atoms with Gasteiger partial charge in [-0.3, -0.25) is 9.80 Å². The summed E-state index contributed by atoms with van der Waals surface area (Å²) in [4.78, 5) is 30.7. The molecule has 8 rings (SSSR count). The first-order chi connectivity index (χ1) is 28.1. The molecule has 2 aromatic carbocycles. The fraction of sp³-hybridized carbons (Fsp3) is 0.714. The largest absolute Gasteiger partial charge is 0.338 e. The number of amides is 4. The first-order valence-corrected chi connectivity index (χ1v) is 23.9. The van der Waals surface area contributed by atoms with Crippen molar-refractivity contribution in [3.05, 3.63) is 70.8 Å². The number of hydrogen-bond acceptors (Lipinski definition) is 4. The summed E-state index contributed by atoms with van der Waals surface area (Å²) in [6.07, 6.45) is 28.2. The fourth-order valence-electron chi connectivity index (χ4n) is 12.1. The number of rotatable bonds is 20. The third-order valence-electron chi connectivity index (χ3n) is 15.3. The number of benzene rings is 2. The molecular formula is C49H74N6O2. The molecule has 4 fully saturated rings. The molecule has 4 bridgehead atoms. The molecule has 0 aromatic heterocycles. The van der Waals surface area contributed by atoms with Gasteiger partial charge in [0.05, 0.1) is 0 Å². The Morgan fingerprint density at radius 2 is 0.754 bits per heavy atom. The van der Waals surface area contributed by atoms with Gasteiger partial charge in [-0.2, -0.15) is 0 Å². The highest BCUT2D eigenvalue weighted by atomic mass is 16.2. The molecule has 2 aromatic rings. The Morgan fingerprint density at radius 1 is 0.439 bits per heavy atom. The number of unbranched alkanes of at least 4 members (excludes halogenated alkanes) is 8. The average molecular weight is 779 g/mol. The Balaban J connectivity index is 0.562. The monoisotopic (exact) mass is 779 g/mol. The lowest BCUT2D eigenvalue weighted by Crippen LogP contribution is -2.44. The topological polar surface area (TPSA) is 88.7 Å². The summed E-state index contributed by atoms with van der Waals surface area (Å²) < 4.78 is 0. The maximum atomic E-state index is 12.5. The Bertz CT molecular complexity index is 1410. The summed E-state index contributed by atoms with van der Waals surface area (Å²) in [5.74, 6) is 1.60. The van der Waals surface area contributed by atoms with Gasteiger partial charge in [0.1, 0.15) is 0 Å². The van der Waals surface area contributed by atoms with Crippen LogP contribution in [0, 0.1) is 11.8 Å². The summed E-state index contributed by atoms with van der Waals surface area (Å²) in [6.45, 7) is 4.01. The van der Waals surface area contributed by atoms with Crippen LogP contribution in [-0.4, -0.2) is 60.1 Å². The van der Waals surface area contributed by atoms with Crippen molar-refractivity contribution in [1.82, 2.24) is 31.1 Å². The second-order valence-electron chi connectivity index (χ2n) is 18.9. The van der Waals surface area contributed by atoms with E-state index in [4.69, 9.17) is 0 Å². The van der Waals surface area contributed by atoms with Gasteiger partial charge in [0.2, 0.25) is 0 Å². The highest BCUT2D eigenvalue weighted by Gasteiger charge is 2.44. The molecule has 8 heteroatoms. The van der Waals surface area contributed by atoms with Crippen LogP contribution in [0.25, 0.3) is 0 Å². The van der Waals surface area contributed by atoms with Crippen LogP contribution in [0.4, 0.5) is 9.59 Å². The van der Waals surface area contributed by atoms with Crippen LogP contribution in [0.2, 0.25) is 0 Å². The molecule has 0 radical (unpaired) electrons. The van der Waals surface area contributed by atoms with Crippen LogP contribution >= 0.6 is 0 Å². The predicted molar refractivity (Wildman–Crippen MR) is 231 cm³/mol. The van der Waals surface area contributed by atoms with E-state index >= 15 is 0 Å². The maximum Gasteiger partial charge on any atom is 0.315 e. The molecular weight excluding hydrogens is 705 g/mol. The Kier molecular flexibility index (Phi) is 14.4. The van der Waals surface area contributed by atoms with E-state index in [2.05, 4.69) is 79.6 Å². The maximum absolute atomic E-state index is 12.5. The van der Waals surface area contributed by atoms with Gasteiger partial charge >= 0.3 is 12.1 Å². The van der Waals surface area contributed by atoms with Crippen molar-refractivity contribution in [2.75, 3.05) is 26.2 Å². The van der Waals surface area contributed by atoms with E-state index in [1.807, 2.05) is 0 Å². The Hall–Kier alpha value is -3.10. The molecule has 2 aliphatic carbocycles. The van der Waals surface area contributed by atoms with Crippen molar-refractivity contribution in [3.63, 3.8) is 0 Å². The van der Waals surface area contributed by atoms with E-state index in [-0.39, 0.29) is 12.1 Å². The van der Waals surface area contributed by atoms with E-state index in [1.54, 1.807) is 22.3 Å². The van der Waals surface area contributed by atoms with Crippen molar-refractivity contribution in [3.8, 4) is 0 Å². The molecule has 4 heterocycles. The van der Waals surface area contributed by atoms with Crippen LogP contribution in [0.3, 0.4) is 0 Å². The van der Waals surface area contributed by atoms with Gasteiger partial charge in [0.25, 0.3) is 0 Å². The second kappa shape index (κ2) is 20.2. The zero-order valence-corrected chi connectivity index (χ0v) is 35.0. The molecule has 57 heavy (non-hydrogen) atoms. The van der Waals surface area contributed by atoms with Crippen molar-refractivity contribution < 1.29 is 9.59 Å². The number of nitrogens with zero attached hydrogens (tertiary/aromatic N) is 2. The lowest BCUT2D eigenvalue weighted by molar-refractivity contribution is 0.185. The summed E-state index contributed by atoms with van der Waals surface area (Å²) in [5.41, 5.74) is 6.36. The number of urea groups is 2. The Morgan fingerprint density at radius 3 is 1.09 bits per heavy atom. The summed E-state index contributed by atoms with van der Waals surface area (Å²) in [7, 11) is 0. The molecule has 4 aliphatic heterocycles. The van der Waals surface area contributed by atoms with Crippen LogP contribution < -0.4 is 21.3 Å². The highest BCUT2D eigenvalue weighted by Crippen LogP contribution is 2.54. The quantitative estimate of drug-likeness (QED) is 0.101.